The van der Waals surface area contributed by atoms with E-state index in [9.17, 15) is 0 Å². The van der Waals surface area contributed by atoms with Crippen LogP contribution < -0.4 is 10.1 Å². The lowest BCUT2D eigenvalue weighted by atomic mass is 10.1. The van der Waals surface area contributed by atoms with Gasteiger partial charge >= 0.3 is 0 Å². The zero-order valence-corrected chi connectivity index (χ0v) is 13.3. The van der Waals surface area contributed by atoms with Crippen molar-refractivity contribution in [2.24, 2.45) is 0 Å². The van der Waals surface area contributed by atoms with Gasteiger partial charge in [-0.05, 0) is 42.3 Å². The normalized spacial score (nSPS) is 14.6. The first-order valence-corrected chi connectivity index (χ1v) is 7.82. The fourth-order valence-electron chi connectivity index (χ4n) is 2.61. The van der Waals surface area contributed by atoms with E-state index < -0.39 is 0 Å². The number of halogens is 2. The average molecular weight is 322 g/mol. The molecule has 0 amide bonds. The lowest BCUT2D eigenvalue weighted by Crippen LogP contribution is -2.18. The summed E-state index contributed by atoms with van der Waals surface area (Å²) in [7, 11) is 0. The van der Waals surface area contributed by atoms with E-state index in [4.69, 9.17) is 27.9 Å². The van der Waals surface area contributed by atoms with Gasteiger partial charge in [0.25, 0.3) is 0 Å². The van der Waals surface area contributed by atoms with Crippen LogP contribution in [0.5, 0.6) is 5.75 Å². The van der Waals surface area contributed by atoms with Crippen molar-refractivity contribution in [2.75, 3.05) is 6.61 Å². The van der Waals surface area contributed by atoms with E-state index in [-0.39, 0.29) is 6.04 Å². The molecule has 0 saturated carbocycles. The zero-order valence-electron chi connectivity index (χ0n) is 11.8. The predicted molar refractivity (Wildman–Crippen MR) is 87.4 cm³/mol. The van der Waals surface area contributed by atoms with Crippen molar-refractivity contribution in [3.05, 3.63) is 63.1 Å². The zero-order chi connectivity index (χ0) is 14.8. The van der Waals surface area contributed by atoms with E-state index in [1.54, 1.807) is 0 Å². The van der Waals surface area contributed by atoms with E-state index in [2.05, 4.69) is 12.2 Å². The first-order valence-electron chi connectivity index (χ1n) is 7.06. The van der Waals surface area contributed by atoms with Gasteiger partial charge in [-0.15, -0.1) is 0 Å². The summed E-state index contributed by atoms with van der Waals surface area (Å²) in [6.45, 7) is 3.61. The topological polar surface area (TPSA) is 21.3 Å². The third kappa shape index (κ3) is 3.34. The van der Waals surface area contributed by atoms with Gasteiger partial charge in [0.15, 0.2) is 0 Å². The summed E-state index contributed by atoms with van der Waals surface area (Å²) in [5, 5.41) is 5.04. The van der Waals surface area contributed by atoms with Crippen LogP contribution in [-0.2, 0) is 13.0 Å². The molecular weight excluding hydrogens is 305 g/mol. The standard InChI is InChI=1S/C17H17Cl2NO/c1-11(12-2-4-15(18)5-3-12)20-10-14-9-16(19)8-13-6-7-21-17(13)14/h2-5,8-9,11,20H,6-7,10H2,1H3. The smallest absolute Gasteiger partial charge is 0.127 e. The molecular formula is C17H17Cl2NO. The summed E-state index contributed by atoms with van der Waals surface area (Å²) < 4.78 is 5.72. The van der Waals surface area contributed by atoms with Gasteiger partial charge in [-0.1, -0.05) is 35.3 Å². The molecule has 1 aliphatic rings. The highest BCUT2D eigenvalue weighted by molar-refractivity contribution is 6.31. The summed E-state index contributed by atoms with van der Waals surface area (Å²) in [4.78, 5) is 0. The highest BCUT2D eigenvalue weighted by atomic mass is 35.5. The van der Waals surface area contributed by atoms with Gasteiger partial charge in [0, 0.05) is 34.6 Å². The molecule has 0 bridgehead atoms. The number of hydrogen-bond donors (Lipinski definition) is 1. The molecule has 1 aliphatic heterocycles. The number of benzene rings is 2. The second kappa shape index (κ2) is 6.27. The van der Waals surface area contributed by atoms with Crippen molar-refractivity contribution in [3.8, 4) is 5.75 Å². The van der Waals surface area contributed by atoms with Crippen molar-refractivity contribution in [1.82, 2.24) is 5.32 Å². The summed E-state index contributed by atoms with van der Waals surface area (Å²) in [6.07, 6.45) is 0.940. The second-order valence-corrected chi connectivity index (χ2v) is 6.18. The molecule has 2 aromatic carbocycles. The Morgan fingerprint density at radius 3 is 2.67 bits per heavy atom. The van der Waals surface area contributed by atoms with Gasteiger partial charge in [0.05, 0.1) is 6.61 Å². The van der Waals surface area contributed by atoms with Crippen molar-refractivity contribution in [3.63, 3.8) is 0 Å². The van der Waals surface area contributed by atoms with Crippen LogP contribution in [0, 0.1) is 0 Å². The lowest BCUT2D eigenvalue weighted by Gasteiger charge is -2.16. The molecule has 110 valence electrons. The molecule has 21 heavy (non-hydrogen) atoms. The average Bonchev–Trinajstić information content (AvgIpc) is 2.93. The molecule has 1 atom stereocenters. The third-order valence-electron chi connectivity index (χ3n) is 3.79. The molecule has 3 rings (SSSR count). The van der Waals surface area contributed by atoms with E-state index in [1.807, 2.05) is 36.4 Å². The monoisotopic (exact) mass is 321 g/mol. The van der Waals surface area contributed by atoms with Crippen LogP contribution in [0.3, 0.4) is 0 Å². The van der Waals surface area contributed by atoms with Crippen LogP contribution >= 0.6 is 23.2 Å². The minimum Gasteiger partial charge on any atom is -0.493 e. The summed E-state index contributed by atoms with van der Waals surface area (Å²) >= 11 is 12.1. The first kappa shape index (κ1) is 14.7. The van der Waals surface area contributed by atoms with E-state index in [0.29, 0.717) is 0 Å². The SMILES string of the molecule is CC(NCc1cc(Cl)cc2c1OCC2)c1ccc(Cl)cc1. The molecule has 4 heteroatoms. The van der Waals surface area contributed by atoms with Gasteiger partial charge in [-0.2, -0.15) is 0 Å². The minimum atomic E-state index is 0.235. The number of rotatable bonds is 4. The largest absolute Gasteiger partial charge is 0.493 e. The van der Waals surface area contributed by atoms with Gasteiger partial charge in [0.1, 0.15) is 5.75 Å². The van der Waals surface area contributed by atoms with Crippen LogP contribution in [0.1, 0.15) is 29.7 Å². The van der Waals surface area contributed by atoms with Crippen LogP contribution in [0.25, 0.3) is 0 Å². The number of hydrogen-bond acceptors (Lipinski definition) is 2. The van der Waals surface area contributed by atoms with Crippen molar-refractivity contribution in [2.45, 2.75) is 25.9 Å². The first-order chi connectivity index (χ1) is 10.1. The van der Waals surface area contributed by atoms with Crippen LogP contribution in [0.2, 0.25) is 10.0 Å². The Morgan fingerprint density at radius 2 is 1.90 bits per heavy atom. The van der Waals surface area contributed by atoms with Gasteiger partial charge in [-0.3, -0.25) is 0 Å². The Kier molecular flexibility index (Phi) is 4.39. The number of nitrogens with one attached hydrogen (secondary N) is 1. The maximum atomic E-state index is 6.18. The summed E-state index contributed by atoms with van der Waals surface area (Å²) in [5.74, 6) is 0.996. The summed E-state index contributed by atoms with van der Waals surface area (Å²) in [6, 6.07) is 12.1. The van der Waals surface area contributed by atoms with Crippen molar-refractivity contribution < 1.29 is 4.74 Å². The second-order valence-electron chi connectivity index (χ2n) is 5.31. The minimum absolute atomic E-state index is 0.235. The Bertz CT molecular complexity index is 640. The summed E-state index contributed by atoms with van der Waals surface area (Å²) in [5.41, 5.74) is 3.54. The van der Waals surface area contributed by atoms with E-state index >= 15 is 0 Å². The molecule has 0 fully saturated rings. The Hall–Kier alpha value is -1.22. The number of fused-ring (bicyclic) bond motifs is 1. The molecule has 0 aromatic heterocycles. The van der Waals surface area contributed by atoms with Gasteiger partial charge in [0.2, 0.25) is 0 Å². The van der Waals surface area contributed by atoms with Crippen molar-refractivity contribution in [1.29, 1.82) is 0 Å². The Labute approximate surface area is 135 Å². The maximum absolute atomic E-state index is 6.18. The molecule has 1 unspecified atom stereocenters. The predicted octanol–water partition coefficient (Wildman–Crippen LogP) is 4.78. The third-order valence-corrected chi connectivity index (χ3v) is 4.26. The molecule has 0 radical (unpaired) electrons. The Balaban J connectivity index is 1.72. The van der Waals surface area contributed by atoms with Crippen LogP contribution in [-0.4, -0.2) is 6.61 Å². The highest BCUT2D eigenvalue weighted by Crippen LogP contribution is 2.33. The molecule has 2 aromatic rings. The van der Waals surface area contributed by atoms with Crippen LogP contribution in [0.15, 0.2) is 36.4 Å². The van der Waals surface area contributed by atoms with Crippen molar-refractivity contribution >= 4 is 23.2 Å². The lowest BCUT2D eigenvalue weighted by molar-refractivity contribution is 0.351. The molecule has 1 N–H and O–H groups in total. The van der Waals surface area contributed by atoms with E-state index in [0.717, 1.165) is 40.9 Å². The van der Waals surface area contributed by atoms with E-state index in [1.165, 1.54) is 11.1 Å². The van der Waals surface area contributed by atoms with Gasteiger partial charge < -0.3 is 10.1 Å². The van der Waals surface area contributed by atoms with Crippen LogP contribution in [0.4, 0.5) is 0 Å². The van der Waals surface area contributed by atoms with Gasteiger partial charge in [-0.25, -0.2) is 0 Å². The molecule has 1 heterocycles. The number of ether oxygens (including phenoxy) is 1. The fourth-order valence-corrected chi connectivity index (χ4v) is 3.00. The molecule has 2 nitrogen and oxygen atoms in total. The highest BCUT2D eigenvalue weighted by Gasteiger charge is 2.18. The molecule has 0 spiro atoms. The molecule has 0 saturated heterocycles. The molecule has 0 aliphatic carbocycles. The fraction of sp³-hybridized carbons (Fsp3) is 0.294. The quantitative estimate of drug-likeness (QED) is 0.875. The Morgan fingerprint density at radius 1 is 1.14 bits per heavy atom. The maximum Gasteiger partial charge on any atom is 0.127 e.